The molecule has 6 heteroatoms. The van der Waals surface area contributed by atoms with Crippen LogP contribution in [0.4, 0.5) is 5.69 Å². The van der Waals surface area contributed by atoms with Gasteiger partial charge >= 0.3 is 0 Å². The Hall–Kier alpha value is -2.60. The molecule has 3 aromatic rings. The van der Waals surface area contributed by atoms with Gasteiger partial charge in [-0.15, -0.1) is 0 Å². The number of nitrogens with zero attached hydrogens (tertiary/aromatic N) is 2. The molecule has 29 heavy (non-hydrogen) atoms. The van der Waals surface area contributed by atoms with Crippen LogP contribution in [-0.4, -0.2) is 34.4 Å². The lowest BCUT2D eigenvalue weighted by Crippen LogP contribution is -2.25. The fourth-order valence-electron chi connectivity index (χ4n) is 3.72. The molecule has 150 valence electrons. The fraction of sp³-hybridized carbons (Fsp3) is 0.261. The number of aromatic nitrogens is 1. The van der Waals surface area contributed by atoms with E-state index in [1.807, 2.05) is 48.5 Å². The quantitative estimate of drug-likeness (QED) is 0.643. The van der Waals surface area contributed by atoms with Crippen molar-refractivity contribution in [3.05, 3.63) is 88.6 Å². The molecule has 4 rings (SSSR count). The van der Waals surface area contributed by atoms with Gasteiger partial charge in [0.05, 0.1) is 13.2 Å². The Balaban J connectivity index is 1.51. The van der Waals surface area contributed by atoms with Crippen LogP contribution in [0, 0.1) is 0 Å². The molecule has 0 bridgehead atoms. The molecule has 1 aromatic heterocycles. The van der Waals surface area contributed by atoms with Crippen LogP contribution in [0.1, 0.15) is 29.2 Å². The van der Waals surface area contributed by atoms with Crippen molar-refractivity contribution in [2.75, 3.05) is 18.0 Å². The van der Waals surface area contributed by atoms with E-state index in [1.165, 1.54) is 0 Å². The minimum Gasteiger partial charge on any atom is -0.472 e. The Labute approximate surface area is 175 Å². The number of anilines is 1. The predicted molar refractivity (Wildman–Crippen MR) is 113 cm³/mol. The summed E-state index contributed by atoms with van der Waals surface area (Å²) in [5.74, 6) is 0.625. The molecule has 2 heterocycles. The van der Waals surface area contributed by atoms with E-state index in [0.29, 0.717) is 22.0 Å². The van der Waals surface area contributed by atoms with Crippen molar-refractivity contribution in [2.45, 2.75) is 25.2 Å². The molecule has 2 atom stereocenters. The second-order valence-corrected chi connectivity index (χ2v) is 7.52. The number of hydrogen-bond donors (Lipinski definition) is 2. The van der Waals surface area contributed by atoms with Crippen LogP contribution in [-0.2, 0) is 6.61 Å². The summed E-state index contributed by atoms with van der Waals surface area (Å²) in [4.78, 5) is 6.42. The minimum absolute atomic E-state index is 0.0461. The number of pyridine rings is 1. The predicted octanol–water partition coefficient (Wildman–Crippen LogP) is 3.97. The monoisotopic (exact) mass is 410 g/mol. The molecule has 1 saturated heterocycles. The van der Waals surface area contributed by atoms with Crippen molar-refractivity contribution >= 4 is 17.3 Å². The molecule has 2 aromatic carbocycles. The number of ether oxygens (including phenoxy) is 1. The van der Waals surface area contributed by atoms with Gasteiger partial charge in [0.2, 0.25) is 5.88 Å². The summed E-state index contributed by atoms with van der Waals surface area (Å²) in [6, 6.07) is 18.5. The van der Waals surface area contributed by atoms with E-state index in [1.54, 1.807) is 18.3 Å². The number of benzene rings is 2. The van der Waals surface area contributed by atoms with E-state index in [2.05, 4.69) is 9.88 Å². The first kappa shape index (κ1) is 19.7. The van der Waals surface area contributed by atoms with E-state index in [9.17, 15) is 10.2 Å². The maximum Gasteiger partial charge on any atom is 0.213 e. The maximum absolute atomic E-state index is 10.7. The highest BCUT2D eigenvalue weighted by Crippen LogP contribution is 2.33. The van der Waals surface area contributed by atoms with E-state index in [-0.39, 0.29) is 12.7 Å². The lowest BCUT2D eigenvalue weighted by atomic mass is 9.98. The lowest BCUT2D eigenvalue weighted by Gasteiger charge is -2.23. The Kier molecular flexibility index (Phi) is 6.00. The standard InChI is InChI=1S/C23H23ClN2O3/c24-20-6-2-1-5-19(20)23(28)16-8-9-21(17(13-16)15-27)26-12-10-18(14-26)29-22-7-3-4-11-25-22/h1-9,11,13,18,23,27-28H,10,12,14-15H2. The van der Waals surface area contributed by atoms with Gasteiger partial charge in [-0.2, -0.15) is 0 Å². The molecule has 0 spiro atoms. The first-order valence-electron chi connectivity index (χ1n) is 9.64. The fourth-order valence-corrected chi connectivity index (χ4v) is 3.96. The first-order valence-corrected chi connectivity index (χ1v) is 10.0. The van der Waals surface area contributed by atoms with E-state index >= 15 is 0 Å². The Morgan fingerprint density at radius 1 is 1.14 bits per heavy atom. The van der Waals surface area contributed by atoms with Gasteiger partial charge in [-0.05, 0) is 29.8 Å². The largest absolute Gasteiger partial charge is 0.472 e. The Bertz CT molecular complexity index is 967. The van der Waals surface area contributed by atoms with Gasteiger partial charge in [-0.1, -0.05) is 41.9 Å². The second-order valence-electron chi connectivity index (χ2n) is 7.11. The zero-order valence-corrected chi connectivity index (χ0v) is 16.7. The van der Waals surface area contributed by atoms with Gasteiger partial charge in [0.15, 0.2) is 0 Å². The zero-order valence-electron chi connectivity index (χ0n) is 15.9. The molecule has 0 aliphatic carbocycles. The lowest BCUT2D eigenvalue weighted by molar-refractivity contribution is 0.215. The van der Waals surface area contributed by atoms with Gasteiger partial charge in [-0.3, -0.25) is 0 Å². The summed E-state index contributed by atoms with van der Waals surface area (Å²) in [6.45, 7) is 1.44. The van der Waals surface area contributed by atoms with E-state index in [4.69, 9.17) is 16.3 Å². The summed E-state index contributed by atoms with van der Waals surface area (Å²) in [6.07, 6.45) is 1.80. The molecule has 1 aliphatic heterocycles. The second kappa shape index (κ2) is 8.82. The number of aliphatic hydroxyl groups excluding tert-OH is 2. The van der Waals surface area contributed by atoms with Crippen LogP contribution >= 0.6 is 11.6 Å². The Morgan fingerprint density at radius 3 is 2.72 bits per heavy atom. The topological polar surface area (TPSA) is 65.8 Å². The molecule has 2 unspecified atom stereocenters. The van der Waals surface area contributed by atoms with Gasteiger partial charge < -0.3 is 19.8 Å². The number of halogens is 1. The van der Waals surface area contributed by atoms with Gasteiger partial charge in [0, 0.05) is 47.1 Å². The first-order chi connectivity index (χ1) is 14.2. The Morgan fingerprint density at radius 2 is 1.97 bits per heavy atom. The minimum atomic E-state index is -0.845. The van der Waals surface area contributed by atoms with Gasteiger partial charge in [0.1, 0.15) is 12.2 Å². The van der Waals surface area contributed by atoms with Gasteiger partial charge in [0.25, 0.3) is 0 Å². The molecule has 0 amide bonds. The highest BCUT2D eigenvalue weighted by atomic mass is 35.5. The molecular formula is C23H23ClN2O3. The smallest absolute Gasteiger partial charge is 0.213 e. The van der Waals surface area contributed by atoms with Crippen LogP contribution in [0.15, 0.2) is 66.9 Å². The van der Waals surface area contributed by atoms with E-state index in [0.717, 1.165) is 30.8 Å². The van der Waals surface area contributed by atoms with Crippen molar-refractivity contribution in [1.29, 1.82) is 0 Å². The van der Waals surface area contributed by atoms with Gasteiger partial charge in [-0.25, -0.2) is 4.98 Å². The third kappa shape index (κ3) is 4.37. The summed E-state index contributed by atoms with van der Waals surface area (Å²) in [7, 11) is 0. The van der Waals surface area contributed by atoms with Crippen molar-refractivity contribution in [2.24, 2.45) is 0 Å². The number of aliphatic hydroxyl groups is 2. The third-order valence-corrected chi connectivity index (χ3v) is 5.54. The summed E-state index contributed by atoms with van der Waals surface area (Å²) in [5, 5.41) is 21.2. The average molecular weight is 411 g/mol. The summed E-state index contributed by atoms with van der Waals surface area (Å²) >= 11 is 6.22. The molecule has 1 fully saturated rings. The maximum atomic E-state index is 10.7. The van der Waals surface area contributed by atoms with Crippen molar-refractivity contribution in [1.82, 2.24) is 4.98 Å². The van der Waals surface area contributed by atoms with Crippen LogP contribution < -0.4 is 9.64 Å². The SMILES string of the molecule is OCc1cc(C(O)c2ccccc2Cl)ccc1N1CCC(Oc2ccccn2)C1. The molecule has 5 nitrogen and oxygen atoms in total. The van der Waals surface area contributed by atoms with Crippen molar-refractivity contribution < 1.29 is 14.9 Å². The van der Waals surface area contributed by atoms with Crippen molar-refractivity contribution in [3.63, 3.8) is 0 Å². The van der Waals surface area contributed by atoms with Crippen LogP contribution in [0.5, 0.6) is 5.88 Å². The zero-order chi connectivity index (χ0) is 20.2. The molecule has 0 saturated carbocycles. The van der Waals surface area contributed by atoms with Crippen LogP contribution in [0.25, 0.3) is 0 Å². The third-order valence-electron chi connectivity index (χ3n) is 5.20. The molecule has 0 radical (unpaired) electrons. The van der Waals surface area contributed by atoms with Crippen LogP contribution in [0.3, 0.4) is 0 Å². The summed E-state index contributed by atoms with van der Waals surface area (Å²) < 4.78 is 5.96. The number of rotatable bonds is 6. The molecule has 2 N–H and O–H groups in total. The van der Waals surface area contributed by atoms with Crippen molar-refractivity contribution in [3.8, 4) is 5.88 Å². The van der Waals surface area contributed by atoms with E-state index < -0.39 is 6.10 Å². The summed E-state index contributed by atoms with van der Waals surface area (Å²) in [5.41, 5.74) is 3.07. The molecular weight excluding hydrogens is 388 g/mol. The highest BCUT2D eigenvalue weighted by molar-refractivity contribution is 6.31. The molecule has 1 aliphatic rings. The number of hydrogen-bond acceptors (Lipinski definition) is 5. The highest BCUT2D eigenvalue weighted by Gasteiger charge is 2.26. The average Bonchev–Trinajstić information content (AvgIpc) is 3.22. The van der Waals surface area contributed by atoms with Crippen LogP contribution in [0.2, 0.25) is 5.02 Å². The normalized spacial score (nSPS) is 17.3.